The van der Waals surface area contributed by atoms with E-state index in [2.05, 4.69) is 34.1 Å². The van der Waals surface area contributed by atoms with Crippen molar-refractivity contribution in [3.8, 4) is 23.0 Å². The van der Waals surface area contributed by atoms with E-state index in [-0.39, 0.29) is 98.8 Å². The third-order valence-corrected chi connectivity index (χ3v) is 14.8. The van der Waals surface area contributed by atoms with Gasteiger partial charge in [0.1, 0.15) is 18.7 Å². The number of methoxy groups -OCH3 is 2. The number of ether oxygens (including phenoxy) is 6. The molecule has 0 aromatic heterocycles. The van der Waals surface area contributed by atoms with Gasteiger partial charge in [0.05, 0.1) is 74.7 Å². The normalized spacial score (nSPS) is 17.8. The Balaban J connectivity index is 0.889. The van der Waals surface area contributed by atoms with Gasteiger partial charge in [0.25, 0.3) is 11.8 Å². The number of carbonyl (C=O) groups is 6. The maximum Gasteiger partial charge on any atom is 0.416 e. The van der Waals surface area contributed by atoms with E-state index in [0.717, 1.165) is 16.0 Å². The number of amides is 6. The van der Waals surface area contributed by atoms with Gasteiger partial charge < -0.3 is 65.0 Å². The van der Waals surface area contributed by atoms with E-state index in [1.807, 2.05) is 44.2 Å². The largest absolute Gasteiger partial charge is 0.493 e. The molecule has 8 rings (SSSR count). The highest BCUT2D eigenvalue weighted by Crippen LogP contribution is 2.43. The zero-order valence-corrected chi connectivity index (χ0v) is 47.7. The SMILES string of the molecule is C=C1CC2C=Nc3cc(OCCCCCOc4cc5c(cc4OC)C(=O)N4CC(=C)CC4C(O)N5C(=O)OCc4ccc(NC(=O)C(CCCCN)NC(=O)C(Cc5ccccc5)NC(=O)CCOC(C)C)cc4)c(OC)cc3C(=O)N2C1. The van der Waals surface area contributed by atoms with Gasteiger partial charge in [-0.2, -0.15) is 0 Å². The lowest BCUT2D eigenvalue weighted by Gasteiger charge is -2.31. The number of aliphatic hydroxyl groups excluding tert-OH is 1. The van der Waals surface area contributed by atoms with Crippen molar-refractivity contribution in [3.05, 3.63) is 125 Å². The highest BCUT2D eigenvalue weighted by Gasteiger charge is 2.46. The van der Waals surface area contributed by atoms with Crippen LogP contribution in [-0.4, -0.2) is 147 Å². The number of rotatable bonds is 27. The summed E-state index contributed by atoms with van der Waals surface area (Å²) in [4.78, 5) is 91.6. The molecule has 4 aromatic rings. The molecule has 0 spiro atoms. The fraction of sp³-hybridized carbons (Fsp3) is 0.435. The number of nitrogens with one attached hydrogen (secondary N) is 3. The summed E-state index contributed by atoms with van der Waals surface area (Å²) in [7, 11) is 2.97. The maximum absolute atomic E-state index is 14.3. The zero-order chi connectivity index (χ0) is 59.2. The minimum atomic E-state index is -1.53. The molecule has 5 unspecified atom stereocenters. The lowest BCUT2D eigenvalue weighted by atomic mass is 10.0. The van der Waals surface area contributed by atoms with Crippen LogP contribution in [0.15, 0.2) is 108 Å². The van der Waals surface area contributed by atoms with Crippen molar-refractivity contribution in [3.63, 3.8) is 0 Å². The Kier molecular flexibility index (Phi) is 21.0. The van der Waals surface area contributed by atoms with Gasteiger partial charge in [-0.25, -0.2) is 9.69 Å². The first kappa shape index (κ1) is 60.8. The molecule has 4 aliphatic heterocycles. The first-order valence-electron chi connectivity index (χ1n) is 28.2. The molecule has 0 bridgehead atoms. The van der Waals surface area contributed by atoms with E-state index in [0.29, 0.717) is 97.8 Å². The predicted molar refractivity (Wildman–Crippen MR) is 313 cm³/mol. The van der Waals surface area contributed by atoms with Crippen molar-refractivity contribution in [2.75, 3.05) is 63.9 Å². The molecule has 6 N–H and O–H groups in total. The molecule has 4 aromatic carbocycles. The third-order valence-electron chi connectivity index (χ3n) is 14.8. The lowest BCUT2D eigenvalue weighted by molar-refractivity contribution is -0.131. The summed E-state index contributed by atoms with van der Waals surface area (Å²) in [6, 6.07) is 19.3. The fourth-order valence-electron chi connectivity index (χ4n) is 10.4. The Morgan fingerprint density at radius 3 is 2.08 bits per heavy atom. The second-order valence-corrected chi connectivity index (χ2v) is 21.3. The second kappa shape index (κ2) is 28.6. The van der Waals surface area contributed by atoms with Crippen LogP contribution in [0.5, 0.6) is 23.0 Å². The summed E-state index contributed by atoms with van der Waals surface area (Å²) >= 11 is 0. The average Bonchev–Trinajstić information content (AvgIpc) is 2.84. The van der Waals surface area contributed by atoms with E-state index in [4.69, 9.17) is 34.2 Å². The molecule has 0 radical (unpaired) electrons. The highest BCUT2D eigenvalue weighted by atomic mass is 16.6. The van der Waals surface area contributed by atoms with Crippen molar-refractivity contribution in [1.82, 2.24) is 20.4 Å². The van der Waals surface area contributed by atoms with Crippen LogP contribution in [0, 0.1) is 0 Å². The van der Waals surface area contributed by atoms with Crippen molar-refractivity contribution >= 4 is 58.9 Å². The summed E-state index contributed by atoms with van der Waals surface area (Å²) in [5.41, 5.74) is 10.4. The molecular formula is C62H76N8O13. The molecule has 442 valence electrons. The molecular weight excluding hydrogens is 1060 g/mol. The Labute approximate surface area is 484 Å². The topological polar surface area (TPSA) is 262 Å². The van der Waals surface area contributed by atoms with Crippen LogP contribution in [0.1, 0.15) is 103 Å². The maximum atomic E-state index is 14.3. The molecule has 2 saturated heterocycles. The molecule has 4 heterocycles. The van der Waals surface area contributed by atoms with Crippen LogP contribution in [0.2, 0.25) is 0 Å². The Bertz CT molecular complexity index is 3040. The summed E-state index contributed by atoms with van der Waals surface area (Å²) in [5, 5.41) is 20.5. The number of anilines is 2. The quantitative estimate of drug-likeness (QED) is 0.0293. The van der Waals surface area contributed by atoms with Gasteiger partial charge in [-0.05, 0) is 107 Å². The van der Waals surface area contributed by atoms with Gasteiger partial charge in [-0.3, -0.25) is 29.0 Å². The molecule has 2 fully saturated rings. The van der Waals surface area contributed by atoms with Crippen LogP contribution in [-0.2, 0) is 36.9 Å². The van der Waals surface area contributed by atoms with E-state index in [1.54, 1.807) is 47.5 Å². The molecule has 0 aliphatic carbocycles. The number of hydrogen-bond donors (Lipinski definition) is 5. The minimum Gasteiger partial charge on any atom is -0.493 e. The van der Waals surface area contributed by atoms with Gasteiger partial charge in [-0.1, -0.05) is 66.8 Å². The number of nitrogens with zero attached hydrogens (tertiary/aromatic N) is 4. The summed E-state index contributed by atoms with van der Waals surface area (Å²) in [6.45, 7) is 13.4. The third kappa shape index (κ3) is 15.4. The van der Waals surface area contributed by atoms with Gasteiger partial charge in [0, 0.05) is 50.0 Å². The van der Waals surface area contributed by atoms with Crippen molar-refractivity contribution in [1.29, 1.82) is 0 Å². The van der Waals surface area contributed by atoms with Crippen molar-refractivity contribution in [2.24, 2.45) is 10.7 Å². The molecule has 6 amide bonds. The van der Waals surface area contributed by atoms with E-state index >= 15 is 0 Å². The number of aliphatic hydroxyl groups is 1. The van der Waals surface area contributed by atoms with Gasteiger partial charge in [0.2, 0.25) is 17.7 Å². The summed E-state index contributed by atoms with van der Waals surface area (Å²) in [6.07, 6.45) is 3.84. The van der Waals surface area contributed by atoms with Gasteiger partial charge >= 0.3 is 6.09 Å². The number of benzene rings is 4. The lowest BCUT2D eigenvalue weighted by Crippen LogP contribution is -2.53. The number of hydrogen-bond acceptors (Lipinski definition) is 15. The molecule has 5 atom stereocenters. The summed E-state index contributed by atoms with van der Waals surface area (Å²) < 4.78 is 35.1. The smallest absolute Gasteiger partial charge is 0.416 e. The number of aliphatic imine (C=N–C) groups is 1. The molecule has 21 heteroatoms. The van der Waals surface area contributed by atoms with E-state index in [1.165, 1.54) is 31.3 Å². The van der Waals surface area contributed by atoms with Crippen molar-refractivity contribution < 1.29 is 62.3 Å². The number of fused-ring (bicyclic) bond motifs is 4. The second-order valence-electron chi connectivity index (χ2n) is 21.3. The Hall–Kier alpha value is -8.27. The monoisotopic (exact) mass is 1140 g/mol. The van der Waals surface area contributed by atoms with E-state index < -0.39 is 48.2 Å². The fourth-order valence-corrected chi connectivity index (χ4v) is 10.4. The summed E-state index contributed by atoms with van der Waals surface area (Å²) in [5.74, 6) is -0.543. The van der Waals surface area contributed by atoms with Gasteiger partial charge in [0.15, 0.2) is 29.2 Å². The standard InChI is InChI=1S/C62H76N8O13/c1-38(2)80-26-22-56(71)66-49(29-41-15-9-7-10-16-41)58(73)67-47(17-11-12-23-63)57(72)65-43-20-18-42(19-21-43)37-83-62(77)70-50-33-55(53(79-6)31-46(50)60(75)69-36-40(4)28-51(69)61(70)76)82-25-14-8-13-24-81-54-32-48-45(30-52(54)78-5)59(74)68-35-39(3)27-44(68)34-64-48/h7,9-10,15-16,18-21,30-34,38,44,47,49,51,61,76H,3-4,8,11-14,17,22-29,35-37,63H2,1-2,5-6H3,(H,65,72)(H,66,71)(H,67,73). The number of nitrogens with two attached hydrogens (primary N) is 1. The van der Waals surface area contributed by atoms with Gasteiger partial charge in [-0.15, -0.1) is 0 Å². The first-order valence-corrected chi connectivity index (χ1v) is 28.2. The molecule has 21 nitrogen and oxygen atoms in total. The minimum absolute atomic E-state index is 0.0563. The molecule has 83 heavy (non-hydrogen) atoms. The Morgan fingerprint density at radius 1 is 0.735 bits per heavy atom. The predicted octanol–water partition coefficient (Wildman–Crippen LogP) is 7.16. The zero-order valence-electron chi connectivity index (χ0n) is 47.7. The Morgan fingerprint density at radius 2 is 1.40 bits per heavy atom. The molecule has 4 aliphatic rings. The van der Waals surface area contributed by atoms with Crippen LogP contribution >= 0.6 is 0 Å². The first-order chi connectivity index (χ1) is 40.0. The van der Waals surface area contributed by atoms with E-state index in [9.17, 15) is 33.9 Å². The number of unbranched alkanes of at least 4 members (excludes halogenated alkanes) is 3. The number of carbonyl (C=O) groups excluding carboxylic acids is 6. The van der Waals surface area contributed by atoms with Crippen molar-refractivity contribution in [2.45, 2.75) is 121 Å². The van der Waals surface area contributed by atoms with Crippen LogP contribution in [0.4, 0.5) is 21.9 Å². The van der Waals surface area contributed by atoms with Crippen LogP contribution < -0.4 is 45.5 Å². The molecule has 0 saturated carbocycles. The van der Waals surface area contributed by atoms with Crippen LogP contribution in [0.25, 0.3) is 0 Å². The average molecular weight is 1140 g/mol. The highest BCUT2D eigenvalue weighted by molar-refractivity contribution is 6.06. The van der Waals surface area contributed by atoms with Crippen LogP contribution in [0.3, 0.4) is 0 Å².